The molecule has 0 rings (SSSR count). The second kappa shape index (κ2) is 7.74. The first-order valence-corrected chi connectivity index (χ1v) is 8.46. The summed E-state index contributed by atoms with van der Waals surface area (Å²) < 4.78 is 24.0. The fourth-order valence-corrected chi connectivity index (χ4v) is 2.35. The van der Waals surface area contributed by atoms with Gasteiger partial charge >= 0.3 is 5.97 Å². The van der Waals surface area contributed by atoms with E-state index in [0.29, 0.717) is 12.8 Å². The molecule has 0 saturated carbocycles. The normalized spacial score (nSPS) is 14.0. The molecule has 0 spiro atoms. The van der Waals surface area contributed by atoms with Gasteiger partial charge in [-0.15, -0.1) is 0 Å². The predicted molar refractivity (Wildman–Crippen MR) is 80.3 cm³/mol. The summed E-state index contributed by atoms with van der Waals surface area (Å²) >= 11 is 0. The van der Waals surface area contributed by atoms with Crippen molar-refractivity contribution in [2.45, 2.75) is 46.6 Å². The highest BCUT2D eigenvalue weighted by Crippen LogP contribution is 2.21. The molecule has 124 valence electrons. The van der Waals surface area contributed by atoms with Gasteiger partial charge in [0.05, 0.1) is 12.3 Å². The van der Waals surface area contributed by atoms with Crippen LogP contribution in [0.15, 0.2) is 0 Å². The number of sulfonamides is 1. The number of hydrogen-bond acceptors (Lipinski definition) is 4. The number of hydrogen-bond donors (Lipinski definition) is 2. The van der Waals surface area contributed by atoms with Gasteiger partial charge in [-0.2, -0.15) is 4.31 Å². The molecule has 1 atom stereocenters. The van der Waals surface area contributed by atoms with Gasteiger partial charge in [0.2, 0.25) is 15.9 Å². The van der Waals surface area contributed by atoms with E-state index in [2.05, 4.69) is 5.32 Å². The first-order valence-electron chi connectivity index (χ1n) is 6.85. The number of rotatable bonds is 8. The number of amides is 1. The Morgan fingerprint density at radius 2 is 1.81 bits per heavy atom. The topological polar surface area (TPSA) is 104 Å². The van der Waals surface area contributed by atoms with Crippen LogP contribution in [0.2, 0.25) is 0 Å². The van der Waals surface area contributed by atoms with Crippen LogP contribution in [0.3, 0.4) is 0 Å². The highest BCUT2D eigenvalue weighted by atomic mass is 32.2. The molecular weight excluding hydrogens is 296 g/mol. The van der Waals surface area contributed by atoms with Crippen molar-refractivity contribution in [3.63, 3.8) is 0 Å². The van der Waals surface area contributed by atoms with Crippen LogP contribution in [-0.4, -0.2) is 55.1 Å². The SMILES string of the molecule is CCS(=O)(=O)N(C)CC(=O)NC(CCC(C)(C)C)C(=O)O. The summed E-state index contributed by atoms with van der Waals surface area (Å²) in [4.78, 5) is 22.9. The van der Waals surface area contributed by atoms with Gasteiger partial charge in [-0.1, -0.05) is 20.8 Å². The summed E-state index contributed by atoms with van der Waals surface area (Å²) in [5.74, 6) is -1.84. The van der Waals surface area contributed by atoms with Crippen LogP contribution in [0.25, 0.3) is 0 Å². The van der Waals surface area contributed by atoms with Crippen LogP contribution in [0.4, 0.5) is 0 Å². The predicted octanol–water partition coefficient (Wildman–Crippen LogP) is 0.664. The quantitative estimate of drug-likeness (QED) is 0.683. The van der Waals surface area contributed by atoms with Crippen molar-refractivity contribution in [2.24, 2.45) is 5.41 Å². The second-order valence-electron chi connectivity index (χ2n) is 6.21. The molecule has 0 aliphatic heterocycles. The number of carbonyl (C=O) groups is 2. The van der Waals surface area contributed by atoms with E-state index >= 15 is 0 Å². The van der Waals surface area contributed by atoms with E-state index in [1.165, 1.54) is 14.0 Å². The first kappa shape index (κ1) is 19.9. The van der Waals surface area contributed by atoms with Crippen molar-refractivity contribution in [2.75, 3.05) is 19.3 Å². The number of aliphatic carboxylic acids is 1. The Balaban J connectivity index is 4.60. The minimum absolute atomic E-state index is 0.0409. The van der Waals surface area contributed by atoms with E-state index in [-0.39, 0.29) is 17.7 Å². The van der Waals surface area contributed by atoms with Gasteiger partial charge in [0, 0.05) is 7.05 Å². The third kappa shape index (κ3) is 8.01. The third-order valence-electron chi connectivity index (χ3n) is 3.02. The van der Waals surface area contributed by atoms with Gasteiger partial charge in [0.1, 0.15) is 6.04 Å². The van der Waals surface area contributed by atoms with Crippen molar-refractivity contribution in [3.8, 4) is 0 Å². The molecule has 0 radical (unpaired) electrons. The molecule has 0 aromatic rings. The largest absolute Gasteiger partial charge is 0.480 e. The average molecular weight is 322 g/mol. The zero-order valence-electron chi connectivity index (χ0n) is 13.3. The van der Waals surface area contributed by atoms with Crippen molar-refractivity contribution in [1.29, 1.82) is 0 Å². The number of carboxylic acid groups (broad SMARTS) is 1. The lowest BCUT2D eigenvalue weighted by Crippen LogP contribution is -2.46. The molecule has 8 heteroatoms. The van der Waals surface area contributed by atoms with E-state index in [9.17, 15) is 18.0 Å². The number of carbonyl (C=O) groups excluding carboxylic acids is 1. The summed E-state index contributed by atoms with van der Waals surface area (Å²) in [5.41, 5.74) is -0.0409. The van der Waals surface area contributed by atoms with Crippen molar-refractivity contribution >= 4 is 21.9 Å². The number of nitrogens with one attached hydrogen (secondary N) is 1. The summed E-state index contributed by atoms with van der Waals surface area (Å²) in [6, 6.07) is -1.01. The molecule has 21 heavy (non-hydrogen) atoms. The van der Waals surface area contributed by atoms with E-state index in [1.54, 1.807) is 0 Å². The Morgan fingerprint density at radius 1 is 1.29 bits per heavy atom. The fraction of sp³-hybridized carbons (Fsp3) is 0.846. The van der Waals surface area contributed by atoms with Crippen LogP contribution < -0.4 is 5.32 Å². The van der Waals surface area contributed by atoms with Gasteiger partial charge in [0.15, 0.2) is 0 Å². The zero-order valence-corrected chi connectivity index (χ0v) is 14.2. The smallest absolute Gasteiger partial charge is 0.326 e. The van der Waals surface area contributed by atoms with Crippen molar-refractivity contribution in [3.05, 3.63) is 0 Å². The lowest BCUT2D eigenvalue weighted by molar-refractivity contribution is -0.142. The van der Waals surface area contributed by atoms with E-state index in [0.717, 1.165) is 4.31 Å². The first-order chi connectivity index (χ1) is 9.39. The maximum atomic E-state index is 11.8. The molecule has 0 aliphatic rings. The van der Waals surface area contributed by atoms with Gasteiger partial charge in [0.25, 0.3) is 0 Å². The summed E-state index contributed by atoms with van der Waals surface area (Å²) in [6.45, 7) is 7.04. The highest BCUT2D eigenvalue weighted by molar-refractivity contribution is 7.89. The molecule has 0 saturated heterocycles. The number of likely N-dealkylation sites (N-methyl/N-ethyl adjacent to an activating group) is 1. The van der Waals surface area contributed by atoms with Gasteiger partial charge < -0.3 is 10.4 Å². The Morgan fingerprint density at radius 3 is 2.19 bits per heavy atom. The molecule has 1 unspecified atom stereocenters. The zero-order chi connectivity index (χ0) is 16.8. The number of carboxylic acids is 1. The molecule has 7 nitrogen and oxygen atoms in total. The van der Waals surface area contributed by atoms with E-state index in [4.69, 9.17) is 5.11 Å². The Labute approximate surface area is 126 Å². The monoisotopic (exact) mass is 322 g/mol. The molecule has 0 bridgehead atoms. The second-order valence-corrected chi connectivity index (χ2v) is 8.58. The maximum absolute atomic E-state index is 11.8. The van der Waals surface area contributed by atoms with Gasteiger partial charge in [-0.25, -0.2) is 13.2 Å². The molecule has 0 heterocycles. The molecular formula is C13H26N2O5S. The standard InChI is InChI=1S/C13H26N2O5S/c1-6-21(19,20)15(5)9-11(16)14-10(12(17)18)7-8-13(2,3)4/h10H,6-9H2,1-5H3,(H,14,16)(H,17,18). The molecule has 0 aromatic carbocycles. The molecule has 0 aromatic heterocycles. The minimum atomic E-state index is -3.46. The number of nitrogens with zero attached hydrogens (tertiary/aromatic N) is 1. The lowest BCUT2D eigenvalue weighted by Gasteiger charge is -2.22. The molecule has 2 N–H and O–H groups in total. The fourth-order valence-electron chi connectivity index (χ4n) is 1.60. The minimum Gasteiger partial charge on any atom is -0.480 e. The van der Waals surface area contributed by atoms with Crippen molar-refractivity contribution < 1.29 is 23.1 Å². The summed E-state index contributed by atoms with van der Waals surface area (Å²) in [7, 11) is -2.16. The van der Waals surface area contributed by atoms with Gasteiger partial charge in [-0.05, 0) is 25.2 Å². The average Bonchev–Trinajstić information content (AvgIpc) is 2.32. The highest BCUT2D eigenvalue weighted by Gasteiger charge is 2.25. The summed E-state index contributed by atoms with van der Waals surface area (Å²) in [5, 5.41) is 11.5. The molecule has 0 fully saturated rings. The van der Waals surface area contributed by atoms with Crippen LogP contribution in [0, 0.1) is 5.41 Å². The van der Waals surface area contributed by atoms with Crippen LogP contribution in [0.5, 0.6) is 0 Å². The maximum Gasteiger partial charge on any atom is 0.326 e. The van der Waals surface area contributed by atoms with E-state index < -0.39 is 27.9 Å². The van der Waals surface area contributed by atoms with Crippen LogP contribution in [-0.2, 0) is 19.6 Å². The van der Waals surface area contributed by atoms with Gasteiger partial charge in [-0.3, -0.25) is 4.79 Å². The lowest BCUT2D eigenvalue weighted by atomic mass is 9.88. The van der Waals surface area contributed by atoms with Crippen LogP contribution >= 0.6 is 0 Å². The van der Waals surface area contributed by atoms with Crippen molar-refractivity contribution in [1.82, 2.24) is 9.62 Å². The van der Waals surface area contributed by atoms with E-state index in [1.807, 2.05) is 20.8 Å². The molecule has 1 amide bonds. The van der Waals surface area contributed by atoms with Crippen LogP contribution in [0.1, 0.15) is 40.5 Å². The Bertz CT molecular complexity index is 467. The summed E-state index contributed by atoms with van der Waals surface area (Å²) in [6.07, 6.45) is 0.933. The Hall–Kier alpha value is -1.15. The molecule has 0 aliphatic carbocycles. The Kier molecular flexibility index (Phi) is 7.32. The third-order valence-corrected chi connectivity index (χ3v) is 4.83.